The number of carbonyl (C=O) groups excluding carboxylic acids is 3. The van der Waals surface area contributed by atoms with Crippen LogP contribution < -0.4 is 4.90 Å². The minimum Gasteiger partial charge on any atom is -0.609 e. The maximum absolute atomic E-state index is 13.8. The molecule has 3 heterocycles. The van der Waals surface area contributed by atoms with E-state index in [4.69, 9.17) is 4.74 Å². The quantitative estimate of drug-likeness (QED) is 0.387. The van der Waals surface area contributed by atoms with Crippen molar-refractivity contribution < 1.29 is 23.7 Å². The van der Waals surface area contributed by atoms with Crippen LogP contribution in [0.15, 0.2) is 11.4 Å². The number of aromatic nitrogens is 2. The largest absolute Gasteiger partial charge is 0.609 e. The molecule has 2 aliphatic heterocycles. The number of hydrogen-bond acceptors (Lipinski definition) is 7. The number of ether oxygens (including phenoxy) is 1. The maximum Gasteiger partial charge on any atom is 0.417 e. The van der Waals surface area contributed by atoms with Crippen LogP contribution in [-0.4, -0.2) is 61.8 Å². The van der Waals surface area contributed by atoms with E-state index < -0.39 is 34.2 Å². The highest BCUT2D eigenvalue weighted by Gasteiger charge is 2.60. The highest BCUT2D eigenvalue weighted by Crippen LogP contribution is 2.46. The Balaban J connectivity index is 1.73. The van der Waals surface area contributed by atoms with Crippen LogP contribution in [0.2, 0.25) is 0 Å². The van der Waals surface area contributed by atoms with Gasteiger partial charge in [0.2, 0.25) is 11.8 Å². The normalized spacial score (nSPS) is 25.3. The van der Waals surface area contributed by atoms with Gasteiger partial charge in [-0.25, -0.2) is 9.69 Å². The molecule has 0 N–H and O–H groups in total. The summed E-state index contributed by atoms with van der Waals surface area (Å²) in [5.74, 6) is -0.399. The molecule has 1 saturated heterocycles. The Morgan fingerprint density at radius 1 is 1.26 bits per heavy atom. The molecule has 1 aromatic heterocycles. The molecule has 1 spiro atoms. The lowest BCUT2D eigenvalue weighted by molar-refractivity contribution is -0.144. The van der Waals surface area contributed by atoms with Crippen LogP contribution in [0.5, 0.6) is 0 Å². The summed E-state index contributed by atoms with van der Waals surface area (Å²) in [6.45, 7) is 5.33. The number of likely N-dealkylation sites (tertiary alicyclic amines) is 1. The molecule has 1 saturated carbocycles. The molecule has 2 fully saturated rings. The van der Waals surface area contributed by atoms with Crippen molar-refractivity contribution in [1.29, 1.82) is 0 Å². The van der Waals surface area contributed by atoms with Gasteiger partial charge in [0, 0.05) is 41.9 Å². The van der Waals surface area contributed by atoms with E-state index in [1.54, 1.807) is 31.9 Å². The van der Waals surface area contributed by atoms with Gasteiger partial charge in [-0.1, -0.05) is 12.8 Å². The molecule has 3 aliphatic rings. The summed E-state index contributed by atoms with van der Waals surface area (Å²) >= 11 is -1.39. The van der Waals surface area contributed by atoms with Gasteiger partial charge in [0.25, 0.3) is 0 Å². The van der Waals surface area contributed by atoms with Gasteiger partial charge < -0.3 is 9.29 Å². The summed E-state index contributed by atoms with van der Waals surface area (Å²) in [4.78, 5) is 51.2. The molecule has 0 radical (unpaired) electrons. The SMILES string of the molecule is C[S+]([O-])c1ncc2c(n1)N(C1CCCC1)C(=O)[C@]1(CCN(C(=O)OC(C)(C)C)C1=O)C2. The summed E-state index contributed by atoms with van der Waals surface area (Å²) in [6.07, 6.45) is 6.31. The second kappa shape index (κ2) is 7.74. The van der Waals surface area contributed by atoms with Gasteiger partial charge in [-0.05, 0) is 40.0 Å². The van der Waals surface area contributed by atoms with Gasteiger partial charge in [0.05, 0.1) is 0 Å². The Kier molecular flexibility index (Phi) is 5.49. The van der Waals surface area contributed by atoms with Crippen molar-refractivity contribution in [3.05, 3.63) is 11.8 Å². The smallest absolute Gasteiger partial charge is 0.417 e. The van der Waals surface area contributed by atoms with E-state index >= 15 is 0 Å². The van der Waals surface area contributed by atoms with E-state index in [0.717, 1.165) is 30.6 Å². The molecule has 2 atom stereocenters. The summed E-state index contributed by atoms with van der Waals surface area (Å²) in [7, 11) is 0. The lowest BCUT2D eigenvalue weighted by Crippen LogP contribution is -2.57. The third-order valence-electron chi connectivity index (χ3n) is 6.15. The highest BCUT2D eigenvalue weighted by atomic mass is 32.2. The van der Waals surface area contributed by atoms with Gasteiger partial charge in [-0.15, -0.1) is 0 Å². The first-order valence-electron chi connectivity index (χ1n) is 10.6. The van der Waals surface area contributed by atoms with Gasteiger partial charge in [0.15, 0.2) is 0 Å². The first-order valence-corrected chi connectivity index (χ1v) is 12.2. The third kappa shape index (κ3) is 3.80. The maximum atomic E-state index is 13.8. The number of nitrogens with zero attached hydrogens (tertiary/aromatic N) is 4. The number of imide groups is 1. The van der Waals surface area contributed by atoms with E-state index in [9.17, 15) is 18.9 Å². The van der Waals surface area contributed by atoms with Crippen molar-refractivity contribution in [2.45, 2.75) is 76.1 Å². The Labute approximate surface area is 184 Å². The van der Waals surface area contributed by atoms with Crippen LogP contribution in [-0.2, 0) is 31.9 Å². The molecule has 0 bridgehead atoms. The predicted molar refractivity (Wildman–Crippen MR) is 113 cm³/mol. The average Bonchev–Trinajstić information content (AvgIpc) is 3.30. The molecule has 168 valence electrons. The molecular formula is C21H28N4O5S. The predicted octanol–water partition coefficient (Wildman–Crippen LogP) is 2.20. The summed E-state index contributed by atoms with van der Waals surface area (Å²) < 4.78 is 17.3. The summed E-state index contributed by atoms with van der Waals surface area (Å²) in [5.41, 5.74) is -1.44. The minimum absolute atomic E-state index is 0.0696. The molecule has 4 rings (SSSR count). The van der Waals surface area contributed by atoms with E-state index in [1.807, 2.05) is 0 Å². The molecule has 9 nitrogen and oxygen atoms in total. The van der Waals surface area contributed by atoms with E-state index in [0.29, 0.717) is 11.4 Å². The van der Waals surface area contributed by atoms with Crippen LogP contribution in [0.4, 0.5) is 10.6 Å². The fraction of sp³-hybridized carbons (Fsp3) is 0.667. The highest BCUT2D eigenvalue weighted by molar-refractivity contribution is 7.90. The Morgan fingerprint density at radius 3 is 2.55 bits per heavy atom. The van der Waals surface area contributed by atoms with Gasteiger partial charge >= 0.3 is 11.2 Å². The zero-order chi connectivity index (χ0) is 22.6. The standard InChI is InChI=1S/C21H28N4O5S/c1-20(2,3)30-19(28)24-10-9-21(16(24)26)11-13-12-22-18(31(4)29)23-15(13)25(17(21)27)14-7-5-6-8-14/h12,14H,5-11H2,1-4H3/t21-,31?/m1/s1. The van der Waals surface area contributed by atoms with E-state index in [-0.39, 0.29) is 36.5 Å². The van der Waals surface area contributed by atoms with Crippen LogP contribution in [0.1, 0.15) is 58.4 Å². The zero-order valence-corrected chi connectivity index (χ0v) is 19.2. The summed E-state index contributed by atoms with van der Waals surface area (Å²) in [6, 6.07) is -0.0696. The molecule has 3 amide bonds. The van der Waals surface area contributed by atoms with Crippen LogP contribution >= 0.6 is 0 Å². The molecule has 1 aliphatic carbocycles. The number of fused-ring (bicyclic) bond motifs is 1. The van der Waals surface area contributed by atoms with Crippen LogP contribution in [0.3, 0.4) is 0 Å². The minimum atomic E-state index is -1.39. The number of carbonyl (C=O) groups is 3. The van der Waals surface area contributed by atoms with Crippen molar-refractivity contribution in [2.24, 2.45) is 5.41 Å². The topological polar surface area (TPSA) is 116 Å². The second-order valence-electron chi connectivity index (χ2n) is 9.51. The van der Waals surface area contributed by atoms with E-state index in [2.05, 4.69) is 9.97 Å². The van der Waals surface area contributed by atoms with Gasteiger partial charge in [0.1, 0.15) is 23.1 Å². The lowest BCUT2D eigenvalue weighted by Gasteiger charge is -2.41. The fourth-order valence-electron chi connectivity index (χ4n) is 4.71. The number of rotatable bonds is 2. The number of anilines is 1. The Bertz CT molecular complexity index is 925. The molecule has 10 heteroatoms. The van der Waals surface area contributed by atoms with Crippen molar-refractivity contribution in [1.82, 2.24) is 14.9 Å². The first kappa shape index (κ1) is 22.0. The monoisotopic (exact) mass is 448 g/mol. The molecule has 1 unspecified atom stereocenters. The first-order chi connectivity index (χ1) is 14.5. The summed E-state index contributed by atoms with van der Waals surface area (Å²) in [5, 5.41) is 0.165. The molecule has 1 aromatic rings. The number of amides is 3. The van der Waals surface area contributed by atoms with Crippen molar-refractivity contribution in [2.75, 3.05) is 17.7 Å². The van der Waals surface area contributed by atoms with Crippen molar-refractivity contribution in [3.8, 4) is 0 Å². The van der Waals surface area contributed by atoms with Crippen molar-refractivity contribution in [3.63, 3.8) is 0 Å². The van der Waals surface area contributed by atoms with Crippen molar-refractivity contribution >= 4 is 34.9 Å². The zero-order valence-electron chi connectivity index (χ0n) is 18.3. The van der Waals surface area contributed by atoms with Crippen LogP contribution in [0, 0.1) is 5.41 Å². The fourth-order valence-corrected chi connectivity index (χ4v) is 5.12. The third-order valence-corrected chi connectivity index (χ3v) is 6.86. The van der Waals surface area contributed by atoms with E-state index in [1.165, 1.54) is 6.26 Å². The van der Waals surface area contributed by atoms with Crippen LogP contribution in [0.25, 0.3) is 0 Å². The number of hydrogen-bond donors (Lipinski definition) is 0. The molecule has 0 aromatic carbocycles. The Hall–Kier alpha value is -2.20. The van der Waals surface area contributed by atoms with Gasteiger partial charge in [-0.2, -0.15) is 9.97 Å². The average molecular weight is 449 g/mol. The van der Waals surface area contributed by atoms with Gasteiger partial charge in [-0.3, -0.25) is 14.5 Å². The Morgan fingerprint density at radius 2 is 1.94 bits per heavy atom. The molecule has 31 heavy (non-hydrogen) atoms. The lowest BCUT2D eigenvalue weighted by atomic mass is 9.76. The second-order valence-corrected chi connectivity index (χ2v) is 10.8. The molecular weight excluding hydrogens is 420 g/mol.